The Hall–Kier alpha value is -3.26. The van der Waals surface area contributed by atoms with Gasteiger partial charge in [0.25, 0.3) is 11.5 Å². The van der Waals surface area contributed by atoms with Gasteiger partial charge in [-0.2, -0.15) is 0 Å². The van der Waals surface area contributed by atoms with Gasteiger partial charge in [-0.15, -0.1) is 0 Å². The fourth-order valence-electron chi connectivity index (χ4n) is 2.85. The first-order chi connectivity index (χ1) is 13.0. The van der Waals surface area contributed by atoms with Crippen LogP contribution in [-0.4, -0.2) is 40.3 Å². The number of aromatic nitrogens is 3. The van der Waals surface area contributed by atoms with Crippen molar-refractivity contribution in [3.05, 3.63) is 62.8 Å². The van der Waals surface area contributed by atoms with Crippen LogP contribution >= 0.6 is 0 Å². The van der Waals surface area contributed by atoms with Crippen LogP contribution in [0.25, 0.3) is 22.3 Å². The largest absolute Gasteiger partial charge is 0.383 e. The van der Waals surface area contributed by atoms with Crippen molar-refractivity contribution in [3.8, 4) is 11.3 Å². The summed E-state index contributed by atoms with van der Waals surface area (Å²) in [7, 11) is 4.44. The van der Waals surface area contributed by atoms with Gasteiger partial charge in [-0.1, -0.05) is 30.3 Å². The smallest absolute Gasteiger partial charge is 0.332 e. The first kappa shape index (κ1) is 18.5. The first-order valence-corrected chi connectivity index (χ1v) is 8.39. The van der Waals surface area contributed by atoms with Gasteiger partial charge in [0.2, 0.25) is 0 Å². The summed E-state index contributed by atoms with van der Waals surface area (Å²) in [5.41, 5.74) is 0.558. The maximum absolute atomic E-state index is 12.7. The van der Waals surface area contributed by atoms with Crippen molar-refractivity contribution in [3.63, 3.8) is 0 Å². The van der Waals surface area contributed by atoms with E-state index in [9.17, 15) is 14.4 Å². The third-order valence-electron chi connectivity index (χ3n) is 4.32. The molecule has 0 atom stereocenters. The Morgan fingerprint density at radius 1 is 1.15 bits per heavy atom. The molecule has 8 nitrogen and oxygen atoms in total. The number of rotatable bonds is 5. The monoisotopic (exact) mass is 368 g/mol. The van der Waals surface area contributed by atoms with Gasteiger partial charge in [0, 0.05) is 33.3 Å². The summed E-state index contributed by atoms with van der Waals surface area (Å²) in [5, 5.41) is 2.83. The molecule has 2 aromatic heterocycles. The lowest BCUT2D eigenvalue weighted by Crippen LogP contribution is -2.39. The summed E-state index contributed by atoms with van der Waals surface area (Å²) in [6.07, 6.45) is 0. The third-order valence-corrected chi connectivity index (χ3v) is 4.32. The number of hydrogen-bond donors (Lipinski definition) is 1. The van der Waals surface area contributed by atoms with E-state index >= 15 is 0 Å². The highest BCUT2D eigenvalue weighted by molar-refractivity contribution is 6.06. The summed E-state index contributed by atoms with van der Waals surface area (Å²) >= 11 is 0. The van der Waals surface area contributed by atoms with Crippen molar-refractivity contribution in [1.82, 2.24) is 19.4 Å². The number of nitrogens with zero attached hydrogens (tertiary/aromatic N) is 3. The molecular weight excluding hydrogens is 348 g/mol. The molecule has 0 fully saturated rings. The van der Waals surface area contributed by atoms with Gasteiger partial charge < -0.3 is 10.1 Å². The first-order valence-electron chi connectivity index (χ1n) is 8.39. The van der Waals surface area contributed by atoms with Crippen LogP contribution in [0.4, 0.5) is 0 Å². The molecule has 0 saturated carbocycles. The minimum absolute atomic E-state index is 0.106. The number of ether oxygens (including phenoxy) is 1. The van der Waals surface area contributed by atoms with Crippen LogP contribution < -0.4 is 16.6 Å². The SMILES string of the molecule is COCCNC(=O)c1cc(-c2ccccc2)nc2c1c(=O)n(C)c(=O)n2C. The molecule has 0 aliphatic heterocycles. The standard InChI is InChI=1S/C19H20N4O4/c1-22-16-15(18(25)23(2)19(22)26)13(17(24)20-9-10-27-3)11-14(21-16)12-7-5-4-6-8-12/h4-8,11H,9-10H2,1-3H3,(H,20,24). The topological polar surface area (TPSA) is 95.2 Å². The molecule has 0 radical (unpaired) electrons. The van der Waals surface area contributed by atoms with Crippen LogP contribution in [0.1, 0.15) is 10.4 Å². The van der Waals surface area contributed by atoms with Crippen LogP contribution in [0.5, 0.6) is 0 Å². The second-order valence-electron chi connectivity index (χ2n) is 6.07. The molecule has 140 valence electrons. The number of amides is 1. The lowest BCUT2D eigenvalue weighted by Gasteiger charge is -2.13. The lowest BCUT2D eigenvalue weighted by molar-refractivity contribution is 0.0938. The minimum atomic E-state index is -0.558. The van der Waals surface area contributed by atoms with Crippen LogP contribution in [0.3, 0.4) is 0 Å². The van der Waals surface area contributed by atoms with Gasteiger partial charge in [0.15, 0.2) is 5.65 Å². The van der Waals surface area contributed by atoms with Crippen LogP contribution in [0.2, 0.25) is 0 Å². The Morgan fingerprint density at radius 3 is 2.52 bits per heavy atom. The Morgan fingerprint density at radius 2 is 1.85 bits per heavy atom. The summed E-state index contributed by atoms with van der Waals surface area (Å²) in [5.74, 6) is -0.424. The molecule has 0 bridgehead atoms. The maximum Gasteiger partial charge on any atom is 0.332 e. The fourth-order valence-corrected chi connectivity index (χ4v) is 2.85. The van der Waals surface area contributed by atoms with Crippen molar-refractivity contribution >= 4 is 16.9 Å². The van der Waals surface area contributed by atoms with Crippen molar-refractivity contribution in [1.29, 1.82) is 0 Å². The van der Waals surface area contributed by atoms with Gasteiger partial charge >= 0.3 is 5.69 Å². The minimum Gasteiger partial charge on any atom is -0.383 e. The number of hydrogen-bond acceptors (Lipinski definition) is 5. The number of methoxy groups -OCH3 is 1. The predicted molar refractivity (Wildman–Crippen MR) is 102 cm³/mol. The number of carbonyl (C=O) groups excluding carboxylic acids is 1. The van der Waals surface area contributed by atoms with Crippen molar-refractivity contribution in [2.45, 2.75) is 0 Å². The molecular formula is C19H20N4O4. The Labute approximate surface area is 155 Å². The Bertz CT molecular complexity index is 1120. The molecule has 0 spiro atoms. The molecule has 1 amide bonds. The second-order valence-corrected chi connectivity index (χ2v) is 6.07. The normalized spacial score (nSPS) is 10.9. The predicted octanol–water partition coefficient (Wildman–Crippen LogP) is 0.675. The average molecular weight is 368 g/mol. The molecule has 0 aliphatic rings. The molecule has 27 heavy (non-hydrogen) atoms. The molecule has 0 unspecified atom stereocenters. The van der Waals surface area contributed by atoms with Crippen molar-refractivity contribution in [2.24, 2.45) is 14.1 Å². The van der Waals surface area contributed by atoms with Gasteiger partial charge in [-0.25, -0.2) is 9.78 Å². The summed E-state index contributed by atoms with van der Waals surface area (Å²) in [4.78, 5) is 42.3. The number of carbonyl (C=O) groups is 1. The van der Waals surface area contributed by atoms with E-state index < -0.39 is 17.2 Å². The Balaban J connectivity index is 2.32. The molecule has 2 heterocycles. The number of fused-ring (bicyclic) bond motifs is 1. The van der Waals surface area contributed by atoms with E-state index in [0.717, 1.165) is 10.1 Å². The number of aryl methyl sites for hydroxylation is 1. The van der Waals surface area contributed by atoms with E-state index in [1.165, 1.54) is 25.8 Å². The summed E-state index contributed by atoms with van der Waals surface area (Å²) < 4.78 is 7.19. The molecule has 3 aromatic rings. The van der Waals surface area contributed by atoms with Gasteiger partial charge in [0.05, 0.1) is 23.3 Å². The highest BCUT2D eigenvalue weighted by atomic mass is 16.5. The fraction of sp³-hybridized carbons (Fsp3) is 0.263. The highest BCUT2D eigenvalue weighted by Gasteiger charge is 2.20. The third kappa shape index (κ3) is 3.39. The maximum atomic E-state index is 12.7. The zero-order valence-corrected chi connectivity index (χ0v) is 15.4. The highest BCUT2D eigenvalue weighted by Crippen LogP contribution is 2.22. The van der Waals surface area contributed by atoms with Crippen molar-refractivity contribution < 1.29 is 9.53 Å². The Kier molecular flexibility index (Phi) is 5.18. The van der Waals surface area contributed by atoms with E-state index in [-0.39, 0.29) is 16.6 Å². The van der Waals surface area contributed by atoms with Crippen LogP contribution in [0, 0.1) is 0 Å². The quantitative estimate of drug-likeness (QED) is 0.668. The molecule has 1 aromatic carbocycles. The van der Waals surface area contributed by atoms with E-state index in [1.54, 1.807) is 6.07 Å². The average Bonchev–Trinajstić information content (AvgIpc) is 2.70. The van der Waals surface area contributed by atoms with E-state index in [2.05, 4.69) is 10.3 Å². The molecule has 8 heteroatoms. The summed E-state index contributed by atoms with van der Waals surface area (Å²) in [6, 6.07) is 10.8. The lowest BCUT2D eigenvalue weighted by atomic mass is 10.1. The molecule has 1 N–H and O–H groups in total. The number of nitrogens with one attached hydrogen (secondary N) is 1. The summed E-state index contributed by atoms with van der Waals surface area (Å²) in [6.45, 7) is 0.642. The molecule has 0 aliphatic carbocycles. The second kappa shape index (κ2) is 7.55. The van der Waals surface area contributed by atoms with Gasteiger partial charge in [-0.05, 0) is 6.07 Å². The zero-order valence-electron chi connectivity index (χ0n) is 15.4. The van der Waals surface area contributed by atoms with Gasteiger partial charge in [-0.3, -0.25) is 18.7 Å². The van der Waals surface area contributed by atoms with Crippen LogP contribution in [-0.2, 0) is 18.8 Å². The van der Waals surface area contributed by atoms with E-state index in [0.29, 0.717) is 18.8 Å². The van der Waals surface area contributed by atoms with Crippen LogP contribution in [0.15, 0.2) is 46.0 Å². The van der Waals surface area contributed by atoms with E-state index in [4.69, 9.17) is 4.74 Å². The zero-order chi connectivity index (χ0) is 19.6. The number of pyridine rings is 1. The van der Waals surface area contributed by atoms with Crippen molar-refractivity contribution in [2.75, 3.05) is 20.3 Å². The van der Waals surface area contributed by atoms with Gasteiger partial charge in [0.1, 0.15) is 0 Å². The van der Waals surface area contributed by atoms with E-state index in [1.807, 2.05) is 30.3 Å². The number of benzene rings is 1. The molecule has 0 saturated heterocycles. The molecule has 3 rings (SSSR count).